The Kier molecular flexibility index (Phi) is 6.83. The van der Waals surface area contributed by atoms with E-state index in [0.29, 0.717) is 11.5 Å². The van der Waals surface area contributed by atoms with Crippen LogP contribution in [0.1, 0.15) is 16.3 Å². The van der Waals surface area contributed by atoms with Gasteiger partial charge >= 0.3 is 5.97 Å². The molecule has 2 aromatic rings. The first kappa shape index (κ1) is 18.0. The standard InChI is InChI=1S/C16H16BrNO6/c17-11-2-1-3-12(8-11)23-9-13-4-5-14(24-13)16(21)18-6-7-22-10-15(19)20/h1-5,8H,6-7,9-10H2,(H,18,21)(H,19,20). The zero-order valence-corrected chi connectivity index (χ0v) is 14.2. The van der Waals surface area contributed by atoms with Gasteiger partial charge in [0.25, 0.3) is 5.91 Å². The van der Waals surface area contributed by atoms with Crippen LogP contribution in [0, 0.1) is 0 Å². The van der Waals surface area contributed by atoms with E-state index in [2.05, 4.69) is 21.2 Å². The normalized spacial score (nSPS) is 10.4. The maximum absolute atomic E-state index is 11.9. The third-order valence-electron chi connectivity index (χ3n) is 2.82. The lowest BCUT2D eigenvalue weighted by Crippen LogP contribution is -2.27. The van der Waals surface area contributed by atoms with Crippen LogP contribution in [0.2, 0.25) is 0 Å². The topological polar surface area (TPSA) is 98.0 Å². The molecule has 0 aliphatic carbocycles. The number of carboxylic acids is 1. The second-order valence-electron chi connectivity index (χ2n) is 4.71. The van der Waals surface area contributed by atoms with Gasteiger partial charge in [0, 0.05) is 11.0 Å². The average Bonchev–Trinajstić information content (AvgIpc) is 3.01. The van der Waals surface area contributed by atoms with E-state index in [1.54, 1.807) is 12.1 Å². The molecule has 8 heteroatoms. The fourth-order valence-electron chi connectivity index (χ4n) is 1.77. The molecule has 0 atom stereocenters. The molecular weight excluding hydrogens is 382 g/mol. The van der Waals surface area contributed by atoms with Gasteiger partial charge in [-0.15, -0.1) is 0 Å². The van der Waals surface area contributed by atoms with Gasteiger partial charge in [-0.05, 0) is 30.3 Å². The minimum atomic E-state index is -1.05. The highest BCUT2D eigenvalue weighted by atomic mass is 79.9. The number of carboxylic acid groups (broad SMARTS) is 1. The molecule has 0 spiro atoms. The Labute approximate surface area is 146 Å². The van der Waals surface area contributed by atoms with Crippen LogP contribution in [-0.4, -0.2) is 36.7 Å². The summed E-state index contributed by atoms with van der Waals surface area (Å²) in [6.45, 7) is 0.105. The molecule has 1 amide bonds. The maximum atomic E-state index is 11.9. The molecule has 0 saturated heterocycles. The summed E-state index contributed by atoms with van der Waals surface area (Å²) in [5.41, 5.74) is 0. The second-order valence-corrected chi connectivity index (χ2v) is 5.63. The van der Waals surface area contributed by atoms with Crippen LogP contribution < -0.4 is 10.1 Å². The predicted molar refractivity (Wildman–Crippen MR) is 88.0 cm³/mol. The highest BCUT2D eigenvalue weighted by molar-refractivity contribution is 9.10. The van der Waals surface area contributed by atoms with Crippen molar-refractivity contribution < 1.29 is 28.6 Å². The van der Waals surface area contributed by atoms with E-state index in [0.717, 1.165) is 4.47 Å². The fraction of sp³-hybridized carbons (Fsp3) is 0.250. The number of rotatable bonds is 9. The van der Waals surface area contributed by atoms with Crippen molar-refractivity contribution in [3.05, 3.63) is 52.4 Å². The molecule has 0 aliphatic rings. The molecule has 2 rings (SSSR count). The first-order valence-corrected chi connectivity index (χ1v) is 7.88. The highest BCUT2D eigenvalue weighted by Crippen LogP contribution is 2.19. The van der Waals surface area contributed by atoms with Crippen molar-refractivity contribution in [3.63, 3.8) is 0 Å². The molecule has 2 N–H and O–H groups in total. The van der Waals surface area contributed by atoms with Gasteiger partial charge in [0.05, 0.1) is 6.61 Å². The lowest BCUT2D eigenvalue weighted by atomic mass is 10.3. The molecule has 0 bridgehead atoms. The Hall–Kier alpha value is -2.32. The summed E-state index contributed by atoms with van der Waals surface area (Å²) >= 11 is 3.36. The van der Waals surface area contributed by atoms with Gasteiger partial charge in [-0.3, -0.25) is 4.79 Å². The van der Waals surface area contributed by atoms with Gasteiger partial charge in [0.2, 0.25) is 0 Å². The molecule has 0 saturated carbocycles. The Bertz CT molecular complexity index is 699. The number of furan rings is 1. The number of amides is 1. The predicted octanol–water partition coefficient (Wildman–Crippen LogP) is 2.45. The Morgan fingerprint density at radius 3 is 2.83 bits per heavy atom. The molecule has 128 valence electrons. The van der Waals surface area contributed by atoms with Crippen molar-refractivity contribution in [2.24, 2.45) is 0 Å². The first-order valence-electron chi connectivity index (χ1n) is 7.09. The highest BCUT2D eigenvalue weighted by Gasteiger charge is 2.11. The quantitative estimate of drug-likeness (QED) is 0.630. The third-order valence-corrected chi connectivity index (χ3v) is 3.31. The number of nitrogens with one attached hydrogen (secondary N) is 1. The van der Waals surface area contributed by atoms with Crippen LogP contribution in [0.5, 0.6) is 5.75 Å². The van der Waals surface area contributed by atoms with Crippen LogP contribution in [0.3, 0.4) is 0 Å². The largest absolute Gasteiger partial charge is 0.486 e. The van der Waals surface area contributed by atoms with E-state index < -0.39 is 18.5 Å². The van der Waals surface area contributed by atoms with Gasteiger partial charge in [0.1, 0.15) is 24.7 Å². The summed E-state index contributed by atoms with van der Waals surface area (Å²) in [6, 6.07) is 10.6. The van der Waals surface area contributed by atoms with Gasteiger partial charge < -0.3 is 24.3 Å². The van der Waals surface area contributed by atoms with Gasteiger partial charge in [-0.25, -0.2) is 4.79 Å². The molecule has 0 unspecified atom stereocenters. The van der Waals surface area contributed by atoms with E-state index in [9.17, 15) is 9.59 Å². The summed E-state index contributed by atoms with van der Waals surface area (Å²) in [4.78, 5) is 22.1. The van der Waals surface area contributed by atoms with Crippen molar-refractivity contribution in [1.29, 1.82) is 0 Å². The summed E-state index contributed by atoms with van der Waals surface area (Å²) in [6.07, 6.45) is 0. The number of hydrogen-bond donors (Lipinski definition) is 2. The van der Waals surface area contributed by atoms with Gasteiger partial charge in [0.15, 0.2) is 5.76 Å². The zero-order valence-electron chi connectivity index (χ0n) is 12.7. The van der Waals surface area contributed by atoms with Crippen molar-refractivity contribution in [2.45, 2.75) is 6.61 Å². The molecule has 0 fully saturated rings. The van der Waals surface area contributed by atoms with Crippen LogP contribution in [0.15, 0.2) is 45.3 Å². The van der Waals surface area contributed by atoms with Crippen LogP contribution in [0.25, 0.3) is 0 Å². The van der Waals surface area contributed by atoms with Gasteiger partial charge in [-0.1, -0.05) is 22.0 Å². The fourth-order valence-corrected chi connectivity index (χ4v) is 2.15. The molecule has 1 aromatic heterocycles. The Morgan fingerprint density at radius 2 is 2.08 bits per heavy atom. The molecule has 24 heavy (non-hydrogen) atoms. The van der Waals surface area contributed by atoms with Crippen molar-refractivity contribution in [1.82, 2.24) is 5.32 Å². The minimum absolute atomic E-state index is 0.109. The number of halogens is 1. The lowest BCUT2D eigenvalue weighted by Gasteiger charge is -2.05. The number of carbonyl (C=O) groups excluding carboxylic acids is 1. The molecule has 7 nitrogen and oxygen atoms in total. The molecular formula is C16H16BrNO6. The Morgan fingerprint density at radius 1 is 1.25 bits per heavy atom. The van der Waals surface area contributed by atoms with Crippen molar-refractivity contribution in [3.8, 4) is 5.75 Å². The summed E-state index contributed by atoms with van der Waals surface area (Å²) in [7, 11) is 0. The third kappa shape index (κ3) is 6.05. The molecule has 0 aliphatic heterocycles. The van der Waals surface area contributed by atoms with Crippen LogP contribution in [0.4, 0.5) is 0 Å². The number of carbonyl (C=O) groups is 2. The average molecular weight is 398 g/mol. The number of hydrogen-bond acceptors (Lipinski definition) is 5. The summed E-state index contributed by atoms with van der Waals surface area (Å²) < 4.78 is 16.7. The molecule has 1 heterocycles. The smallest absolute Gasteiger partial charge is 0.329 e. The lowest BCUT2D eigenvalue weighted by molar-refractivity contribution is -0.142. The molecule has 0 radical (unpaired) electrons. The second kappa shape index (κ2) is 9.09. The van der Waals surface area contributed by atoms with E-state index >= 15 is 0 Å². The van der Waals surface area contributed by atoms with E-state index in [1.807, 2.05) is 24.3 Å². The van der Waals surface area contributed by atoms with E-state index in [4.69, 9.17) is 19.0 Å². The SMILES string of the molecule is O=C(O)COCCNC(=O)c1ccc(COc2cccc(Br)c2)o1. The monoisotopic (exact) mass is 397 g/mol. The maximum Gasteiger partial charge on any atom is 0.329 e. The zero-order chi connectivity index (χ0) is 17.4. The minimum Gasteiger partial charge on any atom is -0.486 e. The molecule has 1 aromatic carbocycles. The van der Waals surface area contributed by atoms with Crippen LogP contribution >= 0.6 is 15.9 Å². The summed E-state index contributed by atoms with van der Waals surface area (Å²) in [5, 5.41) is 11.0. The number of aliphatic carboxylic acids is 1. The van der Waals surface area contributed by atoms with E-state index in [-0.39, 0.29) is 25.5 Å². The Balaban J connectivity index is 1.75. The summed E-state index contributed by atoms with van der Waals surface area (Å²) in [5.74, 6) is -0.101. The first-order chi connectivity index (χ1) is 11.5. The number of ether oxygens (including phenoxy) is 2. The van der Waals surface area contributed by atoms with Crippen LogP contribution in [-0.2, 0) is 16.1 Å². The number of benzene rings is 1. The van der Waals surface area contributed by atoms with Crippen molar-refractivity contribution in [2.75, 3.05) is 19.8 Å². The van der Waals surface area contributed by atoms with Crippen molar-refractivity contribution >= 4 is 27.8 Å². The van der Waals surface area contributed by atoms with E-state index in [1.165, 1.54) is 0 Å². The van der Waals surface area contributed by atoms with Gasteiger partial charge in [-0.2, -0.15) is 0 Å².